The van der Waals surface area contributed by atoms with E-state index in [2.05, 4.69) is 0 Å². The van der Waals surface area contributed by atoms with Gasteiger partial charge in [-0.3, -0.25) is 4.79 Å². The van der Waals surface area contributed by atoms with Crippen LogP contribution in [0.2, 0.25) is 0 Å². The van der Waals surface area contributed by atoms with Crippen LogP contribution in [0.3, 0.4) is 0 Å². The Morgan fingerprint density at radius 3 is 2.24 bits per heavy atom. The molecule has 2 N–H and O–H groups in total. The molecular weight excluding hydrogens is 253 g/mol. The third-order valence-corrected chi connectivity index (χ3v) is 1.83. The van der Waals surface area contributed by atoms with Gasteiger partial charge < -0.3 is 10.1 Å². The number of carboxylic acid groups (broad SMARTS) is 1. The van der Waals surface area contributed by atoms with Crippen LogP contribution in [0.5, 0.6) is 0 Å². The van der Waals surface area contributed by atoms with Crippen molar-refractivity contribution in [2.75, 3.05) is 0 Å². The summed E-state index contributed by atoms with van der Waals surface area (Å²) in [7, 11) is 0. The lowest BCUT2D eigenvalue weighted by molar-refractivity contribution is -0.141. The van der Waals surface area contributed by atoms with E-state index in [1.165, 1.54) is 4.98 Å². The molecule has 0 aromatic carbocycles. The Morgan fingerprint density at radius 1 is 1.35 bits per heavy atom. The molecule has 4 nitrogen and oxygen atoms in total. The second kappa shape index (κ2) is 4.15. The number of alkyl halides is 5. The van der Waals surface area contributed by atoms with E-state index in [0.29, 0.717) is 0 Å². The molecule has 0 saturated carbocycles. The van der Waals surface area contributed by atoms with Gasteiger partial charge in [-0.1, -0.05) is 0 Å². The quantitative estimate of drug-likeness (QED) is 0.796. The van der Waals surface area contributed by atoms with Gasteiger partial charge in [0.05, 0.1) is 11.1 Å². The van der Waals surface area contributed by atoms with Crippen molar-refractivity contribution in [1.29, 1.82) is 0 Å². The molecular formula is C8H4F5NO3. The highest BCUT2D eigenvalue weighted by Gasteiger charge is 2.35. The number of carboxylic acids is 1. The lowest BCUT2D eigenvalue weighted by Gasteiger charge is -2.09. The molecule has 0 saturated heterocycles. The van der Waals surface area contributed by atoms with Crippen LogP contribution < -0.4 is 5.56 Å². The number of aromatic nitrogens is 1. The van der Waals surface area contributed by atoms with Crippen LogP contribution in [0.1, 0.15) is 28.0 Å². The van der Waals surface area contributed by atoms with Crippen molar-refractivity contribution < 1.29 is 31.9 Å². The van der Waals surface area contributed by atoms with Gasteiger partial charge in [0.2, 0.25) is 0 Å². The number of hydrogen-bond acceptors (Lipinski definition) is 2. The molecule has 0 aliphatic carbocycles. The molecule has 0 radical (unpaired) electrons. The molecule has 0 bridgehead atoms. The van der Waals surface area contributed by atoms with Crippen molar-refractivity contribution in [3.8, 4) is 0 Å². The molecule has 0 fully saturated rings. The standard InChI is InChI=1S/C8H4F5NO3/c9-5(10)4-2(7(16)17)1-3(8(11,12)13)14-6(4)15/h1,5H,(H,14,15)(H,16,17). The Labute approximate surface area is 89.7 Å². The van der Waals surface area contributed by atoms with Crippen molar-refractivity contribution in [2.45, 2.75) is 12.6 Å². The Kier molecular flexibility index (Phi) is 3.21. The third kappa shape index (κ3) is 2.60. The lowest BCUT2D eigenvalue weighted by atomic mass is 10.1. The van der Waals surface area contributed by atoms with Crippen LogP contribution in [0, 0.1) is 0 Å². The van der Waals surface area contributed by atoms with Gasteiger partial charge in [-0.25, -0.2) is 13.6 Å². The first-order valence-electron chi connectivity index (χ1n) is 4.00. The summed E-state index contributed by atoms with van der Waals surface area (Å²) in [5.74, 6) is -2.03. The number of carbonyl (C=O) groups is 1. The van der Waals surface area contributed by atoms with Crippen molar-refractivity contribution in [3.05, 3.63) is 33.2 Å². The molecule has 0 amide bonds. The molecule has 17 heavy (non-hydrogen) atoms. The number of aromatic amines is 1. The topological polar surface area (TPSA) is 70.2 Å². The summed E-state index contributed by atoms with van der Waals surface area (Å²) in [6.45, 7) is 0. The largest absolute Gasteiger partial charge is 0.478 e. The monoisotopic (exact) mass is 257 g/mol. The van der Waals surface area contributed by atoms with Crippen molar-refractivity contribution in [3.63, 3.8) is 0 Å². The van der Waals surface area contributed by atoms with Gasteiger partial charge >= 0.3 is 12.1 Å². The minimum absolute atomic E-state index is 0.0365. The average Bonchev–Trinajstić information content (AvgIpc) is 2.13. The number of aromatic carboxylic acids is 1. The first-order chi connectivity index (χ1) is 7.64. The average molecular weight is 257 g/mol. The molecule has 0 aliphatic rings. The van der Waals surface area contributed by atoms with Crippen LogP contribution in [-0.4, -0.2) is 16.1 Å². The third-order valence-electron chi connectivity index (χ3n) is 1.83. The van der Waals surface area contributed by atoms with E-state index >= 15 is 0 Å². The molecule has 0 unspecified atom stereocenters. The van der Waals surface area contributed by atoms with Crippen LogP contribution >= 0.6 is 0 Å². The summed E-state index contributed by atoms with van der Waals surface area (Å²) in [6.07, 6.45) is -8.50. The van der Waals surface area contributed by atoms with Gasteiger partial charge in [0.25, 0.3) is 12.0 Å². The highest BCUT2D eigenvalue weighted by molar-refractivity contribution is 5.89. The maximum absolute atomic E-state index is 12.3. The van der Waals surface area contributed by atoms with Gasteiger partial charge in [-0.2, -0.15) is 13.2 Å². The number of rotatable bonds is 2. The van der Waals surface area contributed by atoms with Gasteiger partial charge in [0.15, 0.2) is 0 Å². The summed E-state index contributed by atoms with van der Waals surface area (Å²) in [5, 5.41) is 8.48. The number of H-pyrrole nitrogens is 1. The number of halogens is 5. The van der Waals surface area contributed by atoms with Gasteiger partial charge in [-0.15, -0.1) is 0 Å². The molecule has 0 atom stereocenters. The van der Waals surface area contributed by atoms with E-state index in [9.17, 15) is 31.5 Å². The maximum Gasteiger partial charge on any atom is 0.431 e. The number of hydrogen-bond donors (Lipinski definition) is 2. The van der Waals surface area contributed by atoms with Crippen molar-refractivity contribution in [1.82, 2.24) is 4.98 Å². The van der Waals surface area contributed by atoms with Gasteiger partial charge in [0.1, 0.15) is 5.69 Å². The summed E-state index contributed by atoms with van der Waals surface area (Å²) in [4.78, 5) is 22.6. The summed E-state index contributed by atoms with van der Waals surface area (Å²) in [5.41, 5.74) is -6.32. The summed E-state index contributed by atoms with van der Waals surface area (Å²) < 4.78 is 61.2. The predicted octanol–water partition coefficient (Wildman–Crippen LogP) is 2.03. The van der Waals surface area contributed by atoms with E-state index in [-0.39, 0.29) is 6.07 Å². The highest BCUT2D eigenvalue weighted by atomic mass is 19.4. The molecule has 1 heterocycles. The molecule has 9 heteroatoms. The maximum atomic E-state index is 12.3. The Hall–Kier alpha value is -1.93. The molecule has 1 aromatic heterocycles. The predicted molar refractivity (Wildman–Crippen MR) is 44.0 cm³/mol. The minimum atomic E-state index is -5.02. The van der Waals surface area contributed by atoms with Crippen LogP contribution in [0.15, 0.2) is 10.9 Å². The second-order valence-electron chi connectivity index (χ2n) is 2.94. The zero-order valence-electron chi connectivity index (χ0n) is 7.81. The SMILES string of the molecule is O=C(O)c1cc(C(F)(F)F)[nH]c(=O)c1C(F)F. The van der Waals surface area contributed by atoms with Crippen LogP contribution in [0.4, 0.5) is 22.0 Å². The van der Waals surface area contributed by atoms with Gasteiger partial charge in [0, 0.05) is 0 Å². The fourth-order valence-corrected chi connectivity index (χ4v) is 1.12. The summed E-state index contributed by atoms with van der Waals surface area (Å²) >= 11 is 0. The molecule has 0 aliphatic heterocycles. The van der Waals surface area contributed by atoms with Crippen LogP contribution in [0.25, 0.3) is 0 Å². The molecule has 1 rings (SSSR count). The first kappa shape index (κ1) is 13.1. The normalized spacial score (nSPS) is 11.9. The Morgan fingerprint density at radius 2 is 1.88 bits per heavy atom. The molecule has 94 valence electrons. The van der Waals surface area contributed by atoms with Gasteiger partial charge in [-0.05, 0) is 6.07 Å². The smallest absolute Gasteiger partial charge is 0.431 e. The Bertz CT molecular complexity index is 505. The van der Waals surface area contributed by atoms with E-state index in [0.717, 1.165) is 0 Å². The molecule has 0 spiro atoms. The van der Waals surface area contributed by atoms with Crippen molar-refractivity contribution >= 4 is 5.97 Å². The van der Waals surface area contributed by atoms with E-state index in [1.54, 1.807) is 0 Å². The fraction of sp³-hybridized carbons (Fsp3) is 0.250. The summed E-state index contributed by atoms with van der Waals surface area (Å²) in [6, 6.07) is -0.0365. The first-order valence-corrected chi connectivity index (χ1v) is 4.00. The minimum Gasteiger partial charge on any atom is -0.478 e. The zero-order chi connectivity index (χ0) is 13.4. The second-order valence-corrected chi connectivity index (χ2v) is 2.94. The van der Waals surface area contributed by atoms with Crippen molar-refractivity contribution in [2.24, 2.45) is 0 Å². The lowest BCUT2D eigenvalue weighted by Crippen LogP contribution is -2.24. The zero-order valence-corrected chi connectivity index (χ0v) is 7.81. The van der Waals surface area contributed by atoms with Crippen LogP contribution in [-0.2, 0) is 6.18 Å². The Balaban J connectivity index is 3.59. The molecule has 1 aromatic rings. The van der Waals surface area contributed by atoms with E-state index in [1.807, 2.05) is 0 Å². The number of pyridine rings is 1. The van der Waals surface area contributed by atoms with E-state index in [4.69, 9.17) is 5.11 Å². The highest BCUT2D eigenvalue weighted by Crippen LogP contribution is 2.29. The fourth-order valence-electron chi connectivity index (χ4n) is 1.12. The van der Waals surface area contributed by atoms with E-state index < -0.39 is 41.0 Å². The number of nitrogens with one attached hydrogen (secondary N) is 1.